The molecule has 2 aromatic carbocycles. The summed E-state index contributed by atoms with van der Waals surface area (Å²) in [5.41, 5.74) is 0.451. The lowest BCUT2D eigenvalue weighted by Crippen LogP contribution is -2.51. The van der Waals surface area contributed by atoms with Crippen LogP contribution in [0.4, 0.5) is 10.1 Å². The maximum Gasteiger partial charge on any atom is 0.244 e. The molecule has 0 spiro atoms. The summed E-state index contributed by atoms with van der Waals surface area (Å²) in [7, 11) is -2.47. The van der Waals surface area contributed by atoms with Crippen molar-refractivity contribution in [3.63, 3.8) is 0 Å². The van der Waals surface area contributed by atoms with Crippen molar-refractivity contribution in [2.45, 2.75) is 32.9 Å². The van der Waals surface area contributed by atoms with Crippen LogP contribution in [0.5, 0.6) is 5.75 Å². The predicted octanol–water partition coefficient (Wildman–Crippen LogP) is 2.54. The number of rotatable bonds is 11. The first kappa shape index (κ1) is 26.1. The van der Waals surface area contributed by atoms with E-state index in [0.29, 0.717) is 22.2 Å². The van der Waals surface area contributed by atoms with Gasteiger partial charge in [-0.1, -0.05) is 31.2 Å². The third kappa shape index (κ3) is 7.18. The van der Waals surface area contributed by atoms with Crippen molar-refractivity contribution in [2.24, 2.45) is 0 Å². The van der Waals surface area contributed by atoms with Gasteiger partial charge in [-0.15, -0.1) is 0 Å². The summed E-state index contributed by atoms with van der Waals surface area (Å²) in [6.07, 6.45) is 1.62. The number of halogens is 1. The van der Waals surface area contributed by atoms with Crippen molar-refractivity contribution in [1.82, 2.24) is 10.2 Å². The van der Waals surface area contributed by atoms with E-state index in [0.717, 1.165) is 18.7 Å². The fourth-order valence-electron chi connectivity index (χ4n) is 3.19. The van der Waals surface area contributed by atoms with Crippen LogP contribution in [0.25, 0.3) is 0 Å². The van der Waals surface area contributed by atoms with E-state index in [1.54, 1.807) is 31.2 Å². The highest BCUT2D eigenvalue weighted by atomic mass is 32.2. The van der Waals surface area contributed by atoms with E-state index >= 15 is 0 Å². The summed E-state index contributed by atoms with van der Waals surface area (Å²) in [6, 6.07) is 11.4. The van der Waals surface area contributed by atoms with Crippen LogP contribution in [0.2, 0.25) is 0 Å². The van der Waals surface area contributed by atoms with Gasteiger partial charge in [0.2, 0.25) is 21.8 Å². The van der Waals surface area contributed by atoms with Crippen molar-refractivity contribution in [1.29, 1.82) is 0 Å². The fraction of sp³-hybridized carbons (Fsp3) is 0.391. The first-order chi connectivity index (χ1) is 15.6. The molecule has 0 bridgehead atoms. The van der Waals surface area contributed by atoms with Crippen molar-refractivity contribution >= 4 is 27.5 Å². The molecular formula is C23H30FN3O5S. The molecule has 1 N–H and O–H groups in total. The number of anilines is 1. The molecule has 1 atom stereocenters. The lowest BCUT2D eigenvalue weighted by Gasteiger charge is -2.31. The van der Waals surface area contributed by atoms with Crippen molar-refractivity contribution in [2.75, 3.05) is 30.8 Å². The molecule has 8 nitrogen and oxygen atoms in total. The van der Waals surface area contributed by atoms with Gasteiger partial charge >= 0.3 is 0 Å². The number of sulfonamides is 1. The second-order valence-corrected chi connectivity index (χ2v) is 9.47. The number of carbonyl (C=O) groups excluding carboxylic acids is 2. The number of nitrogens with zero attached hydrogens (tertiary/aromatic N) is 2. The number of hydrogen-bond donors (Lipinski definition) is 1. The lowest BCUT2D eigenvalue weighted by molar-refractivity contribution is -0.139. The van der Waals surface area contributed by atoms with E-state index in [-0.39, 0.29) is 18.1 Å². The summed E-state index contributed by atoms with van der Waals surface area (Å²) >= 11 is 0. The molecule has 33 heavy (non-hydrogen) atoms. The first-order valence-corrected chi connectivity index (χ1v) is 12.4. The van der Waals surface area contributed by atoms with E-state index in [9.17, 15) is 22.4 Å². The number of para-hydroxylation sites is 1. The average molecular weight is 480 g/mol. The van der Waals surface area contributed by atoms with Gasteiger partial charge in [0.25, 0.3) is 0 Å². The Bertz CT molecular complexity index is 1080. The third-order valence-corrected chi connectivity index (χ3v) is 6.13. The van der Waals surface area contributed by atoms with E-state index in [1.807, 2.05) is 6.92 Å². The van der Waals surface area contributed by atoms with Gasteiger partial charge in [-0.3, -0.25) is 13.9 Å². The minimum absolute atomic E-state index is 0.0334. The summed E-state index contributed by atoms with van der Waals surface area (Å²) in [5.74, 6) is -1.22. The number of carbonyl (C=O) groups is 2. The Kier molecular flexibility index (Phi) is 9.22. The quantitative estimate of drug-likeness (QED) is 0.534. The molecule has 0 aliphatic heterocycles. The molecule has 0 aliphatic rings. The number of nitrogens with one attached hydrogen (secondary N) is 1. The van der Waals surface area contributed by atoms with Crippen LogP contribution in [0.15, 0.2) is 48.5 Å². The highest BCUT2D eigenvalue weighted by Crippen LogP contribution is 2.22. The third-order valence-electron chi connectivity index (χ3n) is 5.00. The molecule has 0 aliphatic carbocycles. The standard InChI is InChI=1S/C23H30FN3O5S/c1-5-13-25-23(29)17(2)26(15-18-9-8-10-19(14-18)32-3)22(28)16-27(33(4,30)31)21-12-7-6-11-20(21)24/h6-12,14,17H,5,13,15-16H2,1-4H3,(H,25,29)/t17-/m0/s1. The molecule has 2 rings (SSSR count). The zero-order valence-electron chi connectivity index (χ0n) is 19.2. The molecule has 0 fully saturated rings. The van der Waals surface area contributed by atoms with E-state index in [4.69, 9.17) is 4.74 Å². The topological polar surface area (TPSA) is 96.0 Å². The molecule has 2 aromatic rings. The van der Waals surface area contributed by atoms with Gasteiger partial charge < -0.3 is 15.0 Å². The Morgan fingerprint density at radius 3 is 2.45 bits per heavy atom. The average Bonchev–Trinajstić information content (AvgIpc) is 2.78. The number of methoxy groups -OCH3 is 1. The van der Waals surface area contributed by atoms with Crippen LogP contribution < -0.4 is 14.4 Å². The summed E-state index contributed by atoms with van der Waals surface area (Å²) in [4.78, 5) is 27.3. The molecule has 10 heteroatoms. The smallest absolute Gasteiger partial charge is 0.244 e. The molecule has 0 saturated heterocycles. The van der Waals surface area contributed by atoms with Gasteiger partial charge in [0.05, 0.1) is 19.1 Å². The van der Waals surface area contributed by atoms with Crippen molar-refractivity contribution in [3.05, 3.63) is 59.9 Å². The highest BCUT2D eigenvalue weighted by molar-refractivity contribution is 7.92. The van der Waals surface area contributed by atoms with Crippen LogP contribution in [-0.4, -0.2) is 57.6 Å². The van der Waals surface area contributed by atoms with Crippen LogP contribution in [-0.2, 0) is 26.2 Å². The second-order valence-electron chi connectivity index (χ2n) is 7.56. The molecule has 0 aromatic heterocycles. The van der Waals surface area contributed by atoms with E-state index in [1.165, 1.54) is 30.2 Å². The maximum absolute atomic E-state index is 14.4. The Morgan fingerprint density at radius 2 is 1.85 bits per heavy atom. The number of ether oxygens (including phenoxy) is 1. The SMILES string of the molecule is CCCNC(=O)[C@H](C)N(Cc1cccc(OC)c1)C(=O)CN(c1ccccc1F)S(C)(=O)=O. The molecule has 0 radical (unpaired) electrons. The lowest BCUT2D eigenvalue weighted by atomic mass is 10.1. The van der Waals surface area contributed by atoms with Crippen molar-refractivity contribution < 1.29 is 27.1 Å². The summed E-state index contributed by atoms with van der Waals surface area (Å²) in [6.45, 7) is 3.29. The van der Waals surface area contributed by atoms with Gasteiger partial charge in [-0.2, -0.15) is 0 Å². The minimum atomic E-state index is -3.99. The molecule has 0 unspecified atom stereocenters. The van der Waals surface area contributed by atoms with E-state index in [2.05, 4.69) is 5.32 Å². The Labute approximate surface area is 194 Å². The maximum atomic E-state index is 14.4. The van der Waals surface area contributed by atoms with Crippen LogP contribution in [0, 0.1) is 5.82 Å². The Hall–Kier alpha value is -3.14. The second kappa shape index (κ2) is 11.6. The van der Waals surface area contributed by atoms with Crippen LogP contribution in [0.1, 0.15) is 25.8 Å². The van der Waals surface area contributed by atoms with Gasteiger partial charge in [-0.25, -0.2) is 12.8 Å². The highest BCUT2D eigenvalue weighted by Gasteiger charge is 2.30. The Morgan fingerprint density at radius 1 is 1.15 bits per heavy atom. The van der Waals surface area contributed by atoms with Gasteiger partial charge in [0.1, 0.15) is 24.2 Å². The molecule has 2 amide bonds. The number of benzene rings is 2. The zero-order valence-corrected chi connectivity index (χ0v) is 20.1. The van der Waals surface area contributed by atoms with Gasteiger partial charge in [0, 0.05) is 13.1 Å². The normalized spacial score (nSPS) is 12.0. The van der Waals surface area contributed by atoms with E-state index < -0.39 is 34.3 Å². The predicted molar refractivity (Wildman–Crippen MR) is 125 cm³/mol. The molecular weight excluding hydrogens is 449 g/mol. The molecule has 0 heterocycles. The summed E-state index contributed by atoms with van der Waals surface area (Å²) < 4.78 is 45.1. The monoisotopic (exact) mass is 479 g/mol. The minimum Gasteiger partial charge on any atom is -0.497 e. The molecule has 0 saturated carbocycles. The van der Waals surface area contributed by atoms with Gasteiger partial charge in [0.15, 0.2) is 0 Å². The Balaban J connectivity index is 2.39. The van der Waals surface area contributed by atoms with Gasteiger partial charge in [-0.05, 0) is 43.2 Å². The largest absolute Gasteiger partial charge is 0.497 e. The van der Waals surface area contributed by atoms with Crippen molar-refractivity contribution in [3.8, 4) is 5.75 Å². The number of hydrogen-bond acceptors (Lipinski definition) is 5. The zero-order chi connectivity index (χ0) is 24.6. The number of amides is 2. The first-order valence-electron chi connectivity index (χ1n) is 10.5. The summed E-state index contributed by atoms with van der Waals surface area (Å²) in [5, 5.41) is 2.75. The van der Waals surface area contributed by atoms with Crippen LogP contribution in [0.3, 0.4) is 0 Å². The molecule has 180 valence electrons. The van der Waals surface area contributed by atoms with Crippen LogP contribution >= 0.6 is 0 Å². The fourth-order valence-corrected chi connectivity index (χ4v) is 4.05.